The number of aryl methyl sites for hydroxylation is 1. The summed E-state index contributed by atoms with van der Waals surface area (Å²) in [6.45, 7) is 1.99. The molecule has 1 aromatic carbocycles. The first-order valence-electron chi connectivity index (χ1n) is 6.65. The van der Waals surface area contributed by atoms with Gasteiger partial charge in [-0.2, -0.15) is 5.10 Å². The minimum atomic E-state index is -0.105. The molecule has 2 N–H and O–H groups in total. The summed E-state index contributed by atoms with van der Waals surface area (Å²) >= 11 is 1.57. The molecule has 0 saturated heterocycles. The van der Waals surface area contributed by atoms with Crippen molar-refractivity contribution in [2.24, 2.45) is 5.10 Å². The van der Waals surface area contributed by atoms with Crippen LogP contribution in [0.3, 0.4) is 0 Å². The molecule has 0 fully saturated rings. The van der Waals surface area contributed by atoms with Crippen molar-refractivity contribution in [2.45, 2.75) is 13.3 Å². The predicted molar refractivity (Wildman–Crippen MR) is 86.8 cm³/mol. The van der Waals surface area contributed by atoms with E-state index >= 15 is 0 Å². The maximum Gasteiger partial charge on any atom is 0.245 e. The number of benzene rings is 1. The maximum atomic E-state index is 11.8. The Balaban J connectivity index is 1.70. The van der Waals surface area contributed by atoms with E-state index in [1.165, 1.54) is 0 Å². The maximum absolute atomic E-state index is 11.8. The van der Waals surface area contributed by atoms with Crippen molar-refractivity contribution in [1.82, 2.24) is 10.4 Å². The Bertz CT molecular complexity index is 787. The standard InChI is InChI=1S/C16H15N3OS/c1-11-14(13-6-2-3-7-15(13)18-11)10-17-19-16(20)9-12-5-4-8-21-12/h2-8,10,18H,9H2,1H3,(H,19,20)/b17-10+. The minimum Gasteiger partial charge on any atom is -0.358 e. The van der Waals surface area contributed by atoms with Crippen LogP contribution in [-0.4, -0.2) is 17.1 Å². The lowest BCUT2D eigenvalue weighted by Gasteiger charge is -1.97. The van der Waals surface area contributed by atoms with Gasteiger partial charge >= 0.3 is 0 Å². The van der Waals surface area contributed by atoms with Crippen molar-refractivity contribution in [1.29, 1.82) is 0 Å². The normalized spacial score (nSPS) is 11.3. The van der Waals surface area contributed by atoms with Gasteiger partial charge in [-0.15, -0.1) is 11.3 Å². The zero-order valence-electron chi connectivity index (χ0n) is 11.6. The Labute approximate surface area is 126 Å². The third-order valence-corrected chi connectivity index (χ3v) is 4.12. The molecule has 0 radical (unpaired) electrons. The number of nitrogens with zero attached hydrogens (tertiary/aromatic N) is 1. The quantitative estimate of drug-likeness (QED) is 0.564. The molecule has 5 heteroatoms. The molecule has 1 amide bonds. The fourth-order valence-corrected chi connectivity index (χ4v) is 2.95. The number of aromatic nitrogens is 1. The van der Waals surface area contributed by atoms with Gasteiger partial charge in [0.25, 0.3) is 0 Å². The van der Waals surface area contributed by atoms with E-state index in [1.807, 2.05) is 48.7 Å². The van der Waals surface area contributed by atoms with E-state index in [1.54, 1.807) is 17.6 Å². The molecule has 106 valence electrons. The van der Waals surface area contributed by atoms with Crippen molar-refractivity contribution < 1.29 is 4.79 Å². The molecule has 0 unspecified atom stereocenters. The Morgan fingerprint density at radius 2 is 2.19 bits per heavy atom. The molecule has 0 saturated carbocycles. The summed E-state index contributed by atoms with van der Waals surface area (Å²) in [5, 5.41) is 7.13. The Hall–Kier alpha value is -2.40. The van der Waals surface area contributed by atoms with Gasteiger partial charge < -0.3 is 4.98 Å². The number of carbonyl (C=O) groups excluding carboxylic acids is 1. The number of hydrogen-bond acceptors (Lipinski definition) is 3. The second kappa shape index (κ2) is 5.93. The van der Waals surface area contributed by atoms with Crippen molar-refractivity contribution in [2.75, 3.05) is 0 Å². The number of thiophene rings is 1. The number of para-hydroxylation sites is 1. The number of nitrogens with one attached hydrogen (secondary N) is 2. The molecule has 0 aliphatic heterocycles. The number of amides is 1. The van der Waals surface area contributed by atoms with Gasteiger partial charge in [0.15, 0.2) is 0 Å². The van der Waals surface area contributed by atoms with Crippen LogP contribution in [0, 0.1) is 6.92 Å². The largest absolute Gasteiger partial charge is 0.358 e. The summed E-state index contributed by atoms with van der Waals surface area (Å²) in [4.78, 5) is 16.1. The van der Waals surface area contributed by atoms with Crippen LogP contribution < -0.4 is 5.43 Å². The summed E-state index contributed by atoms with van der Waals surface area (Å²) in [7, 11) is 0. The number of fused-ring (bicyclic) bond motifs is 1. The van der Waals surface area contributed by atoms with E-state index < -0.39 is 0 Å². The van der Waals surface area contributed by atoms with E-state index in [0.29, 0.717) is 6.42 Å². The first-order valence-corrected chi connectivity index (χ1v) is 7.53. The van der Waals surface area contributed by atoms with E-state index in [-0.39, 0.29) is 5.91 Å². The van der Waals surface area contributed by atoms with Gasteiger partial charge in [0.05, 0.1) is 12.6 Å². The SMILES string of the molecule is Cc1[nH]c2ccccc2c1/C=N/NC(=O)Cc1cccs1. The molecule has 21 heavy (non-hydrogen) atoms. The van der Waals surface area contributed by atoms with Gasteiger partial charge in [-0.05, 0) is 24.4 Å². The molecule has 0 aliphatic carbocycles. The highest BCUT2D eigenvalue weighted by Crippen LogP contribution is 2.19. The van der Waals surface area contributed by atoms with Crippen LogP contribution in [-0.2, 0) is 11.2 Å². The first-order chi connectivity index (χ1) is 10.2. The molecule has 0 bridgehead atoms. The third kappa shape index (κ3) is 3.03. The predicted octanol–water partition coefficient (Wildman–Crippen LogP) is 3.23. The highest BCUT2D eigenvalue weighted by molar-refractivity contribution is 7.10. The van der Waals surface area contributed by atoms with E-state index in [2.05, 4.69) is 15.5 Å². The Kier molecular flexibility index (Phi) is 3.83. The molecule has 0 aliphatic rings. The summed E-state index contributed by atoms with van der Waals surface area (Å²) < 4.78 is 0. The second-order valence-corrected chi connectivity index (χ2v) is 5.79. The van der Waals surface area contributed by atoms with E-state index in [4.69, 9.17) is 0 Å². The first kappa shape index (κ1) is 13.6. The van der Waals surface area contributed by atoms with E-state index in [9.17, 15) is 4.79 Å². The number of H-pyrrole nitrogens is 1. The van der Waals surface area contributed by atoms with Gasteiger partial charge in [0.2, 0.25) is 5.91 Å². The fraction of sp³-hybridized carbons (Fsp3) is 0.125. The molecule has 2 aromatic heterocycles. The highest BCUT2D eigenvalue weighted by atomic mass is 32.1. The monoisotopic (exact) mass is 297 g/mol. The average molecular weight is 297 g/mol. The third-order valence-electron chi connectivity index (χ3n) is 3.24. The number of rotatable bonds is 4. The van der Waals surface area contributed by atoms with Gasteiger partial charge in [0.1, 0.15) is 0 Å². The lowest BCUT2D eigenvalue weighted by Crippen LogP contribution is -2.19. The summed E-state index contributed by atoms with van der Waals surface area (Å²) in [5.41, 5.74) is 5.68. The van der Waals surface area contributed by atoms with Gasteiger partial charge in [-0.3, -0.25) is 4.79 Å². The van der Waals surface area contributed by atoms with Crippen LogP contribution in [0.1, 0.15) is 16.1 Å². The van der Waals surface area contributed by atoms with Crippen LogP contribution in [0.15, 0.2) is 46.9 Å². The van der Waals surface area contributed by atoms with Gasteiger partial charge in [-0.25, -0.2) is 5.43 Å². The fourth-order valence-electron chi connectivity index (χ4n) is 2.24. The average Bonchev–Trinajstić information content (AvgIpc) is 3.07. The van der Waals surface area contributed by atoms with Crippen LogP contribution in [0.4, 0.5) is 0 Å². The highest BCUT2D eigenvalue weighted by Gasteiger charge is 2.06. The van der Waals surface area contributed by atoms with Crippen molar-refractivity contribution in [3.05, 3.63) is 57.9 Å². The molecule has 2 heterocycles. The second-order valence-electron chi connectivity index (χ2n) is 4.76. The molecule has 3 rings (SSSR count). The summed E-state index contributed by atoms with van der Waals surface area (Å²) in [5.74, 6) is -0.105. The Morgan fingerprint density at radius 1 is 1.33 bits per heavy atom. The number of hydrazone groups is 1. The van der Waals surface area contributed by atoms with Gasteiger partial charge in [-0.1, -0.05) is 24.3 Å². The Morgan fingerprint density at radius 3 is 3.00 bits per heavy atom. The molecule has 0 spiro atoms. The molecular weight excluding hydrogens is 282 g/mol. The summed E-state index contributed by atoms with van der Waals surface area (Å²) in [6, 6.07) is 11.9. The molecule has 0 atom stereocenters. The van der Waals surface area contributed by atoms with Crippen LogP contribution in [0.5, 0.6) is 0 Å². The lowest BCUT2D eigenvalue weighted by atomic mass is 10.1. The minimum absolute atomic E-state index is 0.105. The zero-order valence-corrected chi connectivity index (χ0v) is 12.4. The van der Waals surface area contributed by atoms with E-state index in [0.717, 1.165) is 27.0 Å². The van der Waals surface area contributed by atoms with Crippen LogP contribution in [0.2, 0.25) is 0 Å². The van der Waals surface area contributed by atoms with Crippen molar-refractivity contribution >= 4 is 34.4 Å². The molecule has 4 nitrogen and oxygen atoms in total. The topological polar surface area (TPSA) is 57.2 Å². The number of carbonyl (C=O) groups is 1. The smallest absolute Gasteiger partial charge is 0.245 e. The van der Waals surface area contributed by atoms with Crippen molar-refractivity contribution in [3.8, 4) is 0 Å². The van der Waals surface area contributed by atoms with Crippen molar-refractivity contribution in [3.63, 3.8) is 0 Å². The van der Waals surface area contributed by atoms with Gasteiger partial charge in [0, 0.05) is 27.0 Å². The van der Waals surface area contributed by atoms with Crippen LogP contribution >= 0.6 is 11.3 Å². The lowest BCUT2D eigenvalue weighted by molar-refractivity contribution is -0.120. The van der Waals surface area contributed by atoms with Crippen LogP contribution in [0.25, 0.3) is 10.9 Å². The number of hydrogen-bond donors (Lipinski definition) is 2. The zero-order chi connectivity index (χ0) is 14.7. The molecular formula is C16H15N3OS. The number of aromatic amines is 1. The summed E-state index contributed by atoms with van der Waals surface area (Å²) in [6.07, 6.45) is 2.06. The molecule has 3 aromatic rings.